The zero-order chi connectivity index (χ0) is 19.6. The number of nitrogens with zero attached hydrogens (tertiary/aromatic N) is 1. The average molecular weight is 365 g/mol. The molecule has 6 nitrogen and oxygen atoms in total. The number of fused-ring (bicyclic) bond motifs is 1. The van der Waals surface area contributed by atoms with Gasteiger partial charge in [-0.15, -0.1) is 0 Å². The maximum absolute atomic E-state index is 12.4. The summed E-state index contributed by atoms with van der Waals surface area (Å²) < 4.78 is 5.15. The molecule has 27 heavy (non-hydrogen) atoms. The standard InChI is InChI=1S/C21H19NO5/c1-3-14-8-10-15(11-9-14)19(24)13(2)27-18(23)12-22-20(25)16-6-4-5-7-17(16)21(22)26/h4-11,13H,3,12H2,1-2H3/t13-/m0/s1. The van der Waals surface area contributed by atoms with Crippen molar-refractivity contribution in [3.63, 3.8) is 0 Å². The summed E-state index contributed by atoms with van der Waals surface area (Å²) in [5, 5.41) is 0. The van der Waals surface area contributed by atoms with Gasteiger partial charge < -0.3 is 4.74 Å². The Kier molecular flexibility index (Phi) is 5.16. The Balaban J connectivity index is 1.63. The molecule has 2 aromatic carbocycles. The van der Waals surface area contributed by atoms with E-state index in [9.17, 15) is 19.2 Å². The Morgan fingerprint density at radius 3 is 2.04 bits per heavy atom. The SMILES string of the molecule is CCc1ccc(C(=O)[C@H](C)OC(=O)CN2C(=O)c3ccccc3C2=O)cc1. The summed E-state index contributed by atoms with van der Waals surface area (Å²) >= 11 is 0. The number of imide groups is 1. The second-order valence-electron chi connectivity index (χ2n) is 6.29. The van der Waals surface area contributed by atoms with Gasteiger partial charge in [0.2, 0.25) is 5.78 Å². The Hall–Kier alpha value is -3.28. The fourth-order valence-electron chi connectivity index (χ4n) is 2.94. The quantitative estimate of drug-likeness (QED) is 0.447. The normalized spacial score (nSPS) is 14.1. The van der Waals surface area contributed by atoms with Crippen LogP contribution in [0.4, 0.5) is 0 Å². The minimum Gasteiger partial charge on any atom is -0.453 e. The third-order valence-electron chi connectivity index (χ3n) is 4.49. The summed E-state index contributed by atoms with van der Waals surface area (Å²) in [5.41, 5.74) is 2.06. The number of benzene rings is 2. The van der Waals surface area contributed by atoms with Gasteiger partial charge in [0, 0.05) is 5.56 Å². The molecular formula is C21H19NO5. The maximum Gasteiger partial charge on any atom is 0.326 e. The largest absolute Gasteiger partial charge is 0.453 e. The molecule has 0 fully saturated rings. The molecule has 2 amide bonds. The van der Waals surface area contributed by atoms with Gasteiger partial charge in [0.1, 0.15) is 6.54 Å². The lowest BCUT2D eigenvalue weighted by Crippen LogP contribution is -2.37. The fourth-order valence-corrected chi connectivity index (χ4v) is 2.94. The maximum atomic E-state index is 12.4. The molecular weight excluding hydrogens is 346 g/mol. The van der Waals surface area contributed by atoms with Crippen molar-refractivity contribution in [2.24, 2.45) is 0 Å². The number of Topliss-reactive ketones (excluding diaryl/α,β-unsaturated/α-hetero) is 1. The molecule has 0 bridgehead atoms. The summed E-state index contributed by atoms with van der Waals surface area (Å²) in [6, 6.07) is 13.4. The van der Waals surface area contributed by atoms with Crippen LogP contribution in [-0.4, -0.2) is 41.1 Å². The van der Waals surface area contributed by atoms with E-state index in [1.165, 1.54) is 19.1 Å². The van der Waals surface area contributed by atoms with Crippen LogP contribution in [0.15, 0.2) is 48.5 Å². The van der Waals surface area contributed by atoms with Gasteiger partial charge in [-0.3, -0.25) is 24.1 Å². The van der Waals surface area contributed by atoms with Crippen molar-refractivity contribution in [1.29, 1.82) is 0 Å². The van der Waals surface area contributed by atoms with Crippen LogP contribution in [0.2, 0.25) is 0 Å². The summed E-state index contributed by atoms with van der Waals surface area (Å²) in [7, 11) is 0. The van der Waals surface area contributed by atoms with E-state index in [0.717, 1.165) is 16.9 Å². The summed E-state index contributed by atoms with van der Waals surface area (Å²) in [5.74, 6) is -2.23. The lowest BCUT2D eigenvalue weighted by molar-refractivity contribution is -0.146. The van der Waals surface area contributed by atoms with Crippen molar-refractivity contribution < 1.29 is 23.9 Å². The smallest absolute Gasteiger partial charge is 0.326 e. The molecule has 0 saturated heterocycles. The highest BCUT2D eigenvalue weighted by molar-refractivity contribution is 6.22. The number of carbonyl (C=O) groups is 4. The molecule has 0 aromatic heterocycles. The summed E-state index contributed by atoms with van der Waals surface area (Å²) in [6.45, 7) is 2.95. The first-order valence-corrected chi connectivity index (χ1v) is 8.70. The minimum atomic E-state index is -1.01. The van der Waals surface area contributed by atoms with Crippen LogP contribution in [0.25, 0.3) is 0 Å². The van der Waals surface area contributed by atoms with Gasteiger partial charge in [-0.05, 0) is 31.0 Å². The lowest BCUT2D eigenvalue weighted by Gasteiger charge is -2.16. The van der Waals surface area contributed by atoms with Gasteiger partial charge in [-0.25, -0.2) is 0 Å². The molecule has 3 rings (SSSR count). The second kappa shape index (κ2) is 7.53. The first-order valence-electron chi connectivity index (χ1n) is 8.70. The number of ketones is 1. The van der Waals surface area contributed by atoms with Crippen LogP contribution in [-0.2, 0) is 16.0 Å². The zero-order valence-electron chi connectivity index (χ0n) is 15.1. The number of carbonyl (C=O) groups excluding carboxylic acids is 4. The molecule has 0 spiro atoms. The van der Waals surface area contributed by atoms with E-state index in [4.69, 9.17) is 4.74 Å². The molecule has 6 heteroatoms. The second-order valence-corrected chi connectivity index (χ2v) is 6.29. The van der Waals surface area contributed by atoms with Crippen LogP contribution in [0.1, 0.15) is 50.5 Å². The number of aryl methyl sites for hydroxylation is 1. The van der Waals surface area contributed by atoms with E-state index >= 15 is 0 Å². The van der Waals surface area contributed by atoms with Crippen LogP contribution < -0.4 is 0 Å². The molecule has 1 atom stereocenters. The molecule has 1 heterocycles. The average Bonchev–Trinajstić information content (AvgIpc) is 2.92. The van der Waals surface area contributed by atoms with Crippen molar-refractivity contribution >= 4 is 23.6 Å². The number of esters is 1. The number of rotatable bonds is 6. The first kappa shape index (κ1) is 18.5. The summed E-state index contributed by atoms with van der Waals surface area (Å²) in [4.78, 5) is 49.9. The van der Waals surface area contributed by atoms with Gasteiger partial charge in [0.05, 0.1) is 11.1 Å². The molecule has 0 radical (unpaired) electrons. The van der Waals surface area contributed by atoms with Gasteiger partial charge in [-0.2, -0.15) is 0 Å². The van der Waals surface area contributed by atoms with E-state index in [1.807, 2.05) is 19.1 Å². The molecule has 1 aliphatic rings. The van der Waals surface area contributed by atoms with Gasteiger partial charge in [0.15, 0.2) is 6.10 Å². The Bertz CT molecular complexity index is 881. The van der Waals surface area contributed by atoms with Crippen LogP contribution >= 0.6 is 0 Å². The molecule has 0 aliphatic carbocycles. The highest BCUT2D eigenvalue weighted by Crippen LogP contribution is 2.22. The lowest BCUT2D eigenvalue weighted by atomic mass is 10.0. The topological polar surface area (TPSA) is 80.8 Å². The van der Waals surface area contributed by atoms with E-state index in [0.29, 0.717) is 5.56 Å². The number of hydrogen-bond acceptors (Lipinski definition) is 5. The highest BCUT2D eigenvalue weighted by atomic mass is 16.5. The van der Waals surface area contributed by atoms with Gasteiger partial charge >= 0.3 is 5.97 Å². The Labute approximate surface area is 156 Å². The van der Waals surface area contributed by atoms with Crippen LogP contribution in [0, 0.1) is 0 Å². The Morgan fingerprint density at radius 2 is 1.52 bits per heavy atom. The third kappa shape index (κ3) is 3.65. The number of ether oxygens (including phenoxy) is 1. The number of hydrogen-bond donors (Lipinski definition) is 0. The molecule has 2 aromatic rings. The Morgan fingerprint density at radius 1 is 0.963 bits per heavy atom. The summed E-state index contributed by atoms with van der Waals surface area (Å²) in [6.07, 6.45) is -0.153. The van der Waals surface area contributed by atoms with E-state index in [-0.39, 0.29) is 16.9 Å². The predicted octanol–water partition coefficient (Wildman–Crippen LogP) is 2.66. The van der Waals surface area contributed by atoms with E-state index in [2.05, 4.69) is 0 Å². The molecule has 1 aliphatic heterocycles. The van der Waals surface area contributed by atoms with Crippen molar-refractivity contribution in [3.8, 4) is 0 Å². The number of amides is 2. The molecule has 0 N–H and O–H groups in total. The van der Waals surface area contributed by atoms with Crippen molar-refractivity contribution in [1.82, 2.24) is 4.90 Å². The monoisotopic (exact) mass is 365 g/mol. The molecule has 138 valence electrons. The first-order chi connectivity index (χ1) is 12.9. The zero-order valence-corrected chi connectivity index (χ0v) is 15.1. The predicted molar refractivity (Wildman–Crippen MR) is 97.5 cm³/mol. The van der Waals surface area contributed by atoms with Gasteiger partial charge in [0.25, 0.3) is 11.8 Å². The van der Waals surface area contributed by atoms with E-state index < -0.39 is 30.4 Å². The van der Waals surface area contributed by atoms with Crippen LogP contribution in [0.5, 0.6) is 0 Å². The van der Waals surface area contributed by atoms with Crippen LogP contribution in [0.3, 0.4) is 0 Å². The van der Waals surface area contributed by atoms with Crippen molar-refractivity contribution in [2.45, 2.75) is 26.4 Å². The van der Waals surface area contributed by atoms with Crippen molar-refractivity contribution in [3.05, 3.63) is 70.8 Å². The van der Waals surface area contributed by atoms with Gasteiger partial charge in [-0.1, -0.05) is 43.3 Å². The minimum absolute atomic E-state index is 0.260. The van der Waals surface area contributed by atoms with Crippen molar-refractivity contribution in [2.75, 3.05) is 6.54 Å². The highest BCUT2D eigenvalue weighted by Gasteiger charge is 2.37. The molecule has 0 unspecified atom stereocenters. The third-order valence-corrected chi connectivity index (χ3v) is 4.49. The fraction of sp³-hybridized carbons (Fsp3) is 0.238. The van der Waals surface area contributed by atoms with E-state index in [1.54, 1.807) is 24.3 Å². The molecule has 0 saturated carbocycles.